The highest BCUT2D eigenvalue weighted by Gasteiger charge is 2.27. The van der Waals surface area contributed by atoms with Crippen molar-refractivity contribution in [1.82, 2.24) is 14.4 Å². The van der Waals surface area contributed by atoms with E-state index in [4.69, 9.17) is 20.2 Å². The summed E-state index contributed by atoms with van der Waals surface area (Å²) < 4.78 is 11.9. The van der Waals surface area contributed by atoms with Gasteiger partial charge in [-0.25, -0.2) is 19.6 Å². The molecule has 1 saturated heterocycles. The number of pyridine rings is 1. The summed E-state index contributed by atoms with van der Waals surface area (Å²) in [5, 5.41) is 5.19. The van der Waals surface area contributed by atoms with Gasteiger partial charge < -0.3 is 20.1 Å². The minimum atomic E-state index is -0.885. The Kier molecular flexibility index (Phi) is 8.71. The number of esters is 1. The van der Waals surface area contributed by atoms with Gasteiger partial charge in [-0.05, 0) is 51.8 Å². The molecule has 2 amide bonds. The van der Waals surface area contributed by atoms with E-state index in [-0.39, 0.29) is 34.6 Å². The summed E-state index contributed by atoms with van der Waals surface area (Å²) in [5.74, 6) is -0.731. The summed E-state index contributed by atoms with van der Waals surface area (Å²) in [6.45, 7) is 12.1. The maximum absolute atomic E-state index is 13.7. The maximum atomic E-state index is 13.7. The fraction of sp³-hybridized carbons (Fsp3) is 0.448. The number of thiazole rings is 1. The van der Waals surface area contributed by atoms with Crippen molar-refractivity contribution in [3.05, 3.63) is 57.0 Å². The van der Waals surface area contributed by atoms with Crippen LogP contribution >= 0.6 is 11.3 Å². The number of carbonyl (C=O) groups is 3. The smallest absolute Gasteiger partial charge is 0.404 e. The molecule has 3 N–H and O–H groups in total. The SMILES string of the molecule is CC(C)(C)OC(=O)C=Cc1c(N2CCC[C@H](OC(N)=O)C2)nc2cc(C(=O)Nc3nc(C(C)(C)C)cs3)ccn2c1=O. The first-order chi connectivity index (χ1) is 19.6. The molecule has 1 fully saturated rings. The fourth-order valence-electron chi connectivity index (χ4n) is 4.39. The number of aromatic nitrogens is 3. The van der Waals surface area contributed by atoms with Gasteiger partial charge in [0, 0.05) is 35.2 Å². The zero-order valence-electron chi connectivity index (χ0n) is 24.6. The summed E-state index contributed by atoms with van der Waals surface area (Å²) in [6, 6.07) is 3.03. The first kappa shape index (κ1) is 30.7. The number of hydrogen-bond donors (Lipinski definition) is 2. The van der Waals surface area contributed by atoms with Crippen LogP contribution in [0.5, 0.6) is 0 Å². The molecule has 4 heterocycles. The van der Waals surface area contributed by atoms with Crippen molar-refractivity contribution in [2.24, 2.45) is 5.73 Å². The van der Waals surface area contributed by atoms with Gasteiger partial charge in [0.05, 0.1) is 17.8 Å². The second-order valence-corrected chi connectivity index (χ2v) is 12.9. The molecular weight excluding hydrogens is 560 g/mol. The summed E-state index contributed by atoms with van der Waals surface area (Å²) >= 11 is 1.33. The van der Waals surface area contributed by atoms with Crippen molar-refractivity contribution in [2.75, 3.05) is 23.3 Å². The molecule has 0 spiro atoms. The molecule has 1 aliphatic rings. The summed E-state index contributed by atoms with van der Waals surface area (Å²) in [5.41, 5.74) is 5.44. The largest absolute Gasteiger partial charge is 0.457 e. The Hall–Kier alpha value is -4.26. The Labute approximate surface area is 247 Å². The van der Waals surface area contributed by atoms with Gasteiger partial charge >= 0.3 is 12.1 Å². The molecule has 12 nitrogen and oxygen atoms in total. The molecule has 0 saturated carbocycles. The third-order valence-corrected chi connectivity index (χ3v) is 7.11. The van der Waals surface area contributed by atoms with Crippen LogP contribution in [-0.4, -0.2) is 57.1 Å². The van der Waals surface area contributed by atoms with Gasteiger partial charge in [-0.1, -0.05) is 20.8 Å². The highest BCUT2D eigenvalue weighted by Crippen LogP contribution is 2.27. The molecule has 4 rings (SSSR count). The number of fused-ring (bicyclic) bond motifs is 1. The Morgan fingerprint density at radius 1 is 1.17 bits per heavy atom. The number of primary amides is 1. The summed E-state index contributed by atoms with van der Waals surface area (Å²) in [7, 11) is 0. The topological polar surface area (TPSA) is 158 Å². The van der Waals surface area contributed by atoms with Crippen molar-refractivity contribution in [1.29, 1.82) is 0 Å². The van der Waals surface area contributed by atoms with E-state index in [1.807, 2.05) is 31.1 Å². The van der Waals surface area contributed by atoms with Gasteiger partial charge in [-0.3, -0.25) is 19.3 Å². The predicted octanol–water partition coefficient (Wildman–Crippen LogP) is 4.12. The van der Waals surface area contributed by atoms with Gasteiger partial charge in [0.1, 0.15) is 23.2 Å². The summed E-state index contributed by atoms with van der Waals surface area (Å²) in [6.07, 6.45) is 3.90. The molecule has 1 atom stereocenters. The average Bonchev–Trinajstić information content (AvgIpc) is 3.35. The molecule has 1 aliphatic heterocycles. The average molecular weight is 597 g/mol. The summed E-state index contributed by atoms with van der Waals surface area (Å²) in [4.78, 5) is 61.7. The minimum absolute atomic E-state index is 0.146. The lowest BCUT2D eigenvalue weighted by molar-refractivity contribution is -0.148. The number of rotatable bonds is 6. The van der Waals surface area contributed by atoms with Gasteiger partial charge in [0.2, 0.25) is 0 Å². The highest BCUT2D eigenvalue weighted by molar-refractivity contribution is 7.14. The van der Waals surface area contributed by atoms with Crippen molar-refractivity contribution in [3.8, 4) is 0 Å². The van der Waals surface area contributed by atoms with Gasteiger partial charge in [-0.15, -0.1) is 11.3 Å². The lowest BCUT2D eigenvalue weighted by atomic mass is 9.93. The number of nitrogens with two attached hydrogens (primary N) is 1. The lowest BCUT2D eigenvalue weighted by Gasteiger charge is -2.33. The molecule has 224 valence electrons. The fourth-order valence-corrected chi connectivity index (χ4v) is 5.32. The van der Waals surface area contributed by atoms with Crippen LogP contribution in [0.15, 0.2) is 34.6 Å². The maximum Gasteiger partial charge on any atom is 0.404 e. The zero-order chi connectivity index (χ0) is 30.8. The van der Waals surface area contributed by atoms with Gasteiger partial charge in [-0.2, -0.15) is 0 Å². The van der Waals surface area contributed by atoms with Crippen LogP contribution in [0.25, 0.3) is 11.7 Å². The lowest BCUT2D eigenvalue weighted by Crippen LogP contribution is -2.43. The molecule has 0 bridgehead atoms. The third kappa shape index (κ3) is 7.52. The second kappa shape index (κ2) is 11.9. The molecule has 13 heteroatoms. The number of nitrogens with one attached hydrogen (secondary N) is 1. The van der Waals surface area contributed by atoms with Gasteiger partial charge in [0.25, 0.3) is 11.5 Å². The van der Waals surface area contributed by atoms with Crippen LogP contribution in [0.4, 0.5) is 15.7 Å². The van der Waals surface area contributed by atoms with Crippen LogP contribution in [-0.2, 0) is 19.7 Å². The standard InChI is InChI=1S/C29H36N6O6S/c1-28(2,3)20-16-42-27(31-20)33-24(37)17-11-13-35-21(14-17)32-23(34-12-7-8-18(15-34)40-26(30)39)19(25(35)38)9-10-22(36)41-29(4,5)6/h9-11,13-14,16,18H,7-8,12,15H2,1-6H3,(H2,30,39)(H,31,33,37)/t18-/m0/s1. The Morgan fingerprint density at radius 3 is 2.55 bits per heavy atom. The number of piperidine rings is 1. The Balaban J connectivity index is 1.72. The number of ether oxygens (including phenoxy) is 2. The van der Waals surface area contributed by atoms with E-state index in [1.165, 1.54) is 46.2 Å². The van der Waals surface area contributed by atoms with Crippen molar-refractivity contribution >= 4 is 52.0 Å². The molecule has 0 radical (unpaired) electrons. The van der Waals surface area contributed by atoms with Gasteiger partial charge in [0.15, 0.2) is 5.13 Å². The van der Waals surface area contributed by atoms with Crippen LogP contribution in [0.2, 0.25) is 0 Å². The molecule has 42 heavy (non-hydrogen) atoms. The molecular formula is C29H36N6O6S. The van der Waals surface area contributed by atoms with Crippen LogP contribution in [0.1, 0.15) is 76.0 Å². The van der Waals surface area contributed by atoms with E-state index in [0.29, 0.717) is 24.5 Å². The number of hydrogen-bond acceptors (Lipinski definition) is 10. The molecule has 0 aromatic carbocycles. The number of carbonyl (C=O) groups excluding carboxylic acids is 3. The second-order valence-electron chi connectivity index (χ2n) is 12.1. The molecule has 3 aromatic rings. The first-order valence-corrected chi connectivity index (χ1v) is 14.4. The van der Waals surface area contributed by atoms with Crippen LogP contribution in [0.3, 0.4) is 0 Å². The van der Waals surface area contributed by atoms with Crippen molar-refractivity contribution < 1.29 is 23.9 Å². The minimum Gasteiger partial charge on any atom is -0.457 e. The van der Waals surface area contributed by atoms with E-state index < -0.39 is 35.2 Å². The molecule has 0 unspecified atom stereocenters. The van der Waals surface area contributed by atoms with Crippen LogP contribution < -0.4 is 21.5 Å². The van der Waals surface area contributed by atoms with E-state index in [2.05, 4.69) is 10.3 Å². The Morgan fingerprint density at radius 2 is 1.90 bits per heavy atom. The zero-order valence-corrected chi connectivity index (χ0v) is 25.4. The van der Waals surface area contributed by atoms with E-state index in [0.717, 1.165) is 5.69 Å². The normalized spacial score (nSPS) is 16.0. The number of amides is 2. The van der Waals surface area contributed by atoms with Crippen molar-refractivity contribution in [3.63, 3.8) is 0 Å². The molecule has 3 aromatic heterocycles. The van der Waals surface area contributed by atoms with E-state index >= 15 is 0 Å². The quantitative estimate of drug-likeness (QED) is 0.315. The van der Waals surface area contributed by atoms with E-state index in [1.54, 1.807) is 20.8 Å². The molecule has 0 aliphatic carbocycles. The monoisotopic (exact) mass is 596 g/mol. The Bertz CT molecular complexity index is 1600. The predicted molar refractivity (Wildman–Crippen MR) is 161 cm³/mol. The van der Waals surface area contributed by atoms with Crippen molar-refractivity contribution in [2.45, 2.75) is 71.5 Å². The first-order valence-electron chi connectivity index (χ1n) is 13.6. The van der Waals surface area contributed by atoms with E-state index in [9.17, 15) is 19.2 Å². The number of anilines is 2. The highest BCUT2D eigenvalue weighted by atomic mass is 32.1. The third-order valence-electron chi connectivity index (χ3n) is 6.35. The number of nitrogens with zero attached hydrogens (tertiary/aromatic N) is 4. The van der Waals surface area contributed by atoms with Crippen LogP contribution in [0, 0.1) is 0 Å².